The number of aromatic nitrogens is 1. The van der Waals surface area contributed by atoms with Crippen molar-refractivity contribution in [3.63, 3.8) is 0 Å². The minimum absolute atomic E-state index is 0.0688. The number of nitrogens with zero attached hydrogens (tertiary/aromatic N) is 3. The van der Waals surface area contributed by atoms with Crippen LogP contribution in [0.15, 0.2) is 36.4 Å². The highest BCUT2D eigenvalue weighted by Crippen LogP contribution is 2.33. The molecule has 3 rings (SSSR count). The van der Waals surface area contributed by atoms with Crippen LogP contribution in [0, 0.1) is 13.8 Å². The number of aryl methyl sites for hydroxylation is 2. The Morgan fingerprint density at radius 3 is 2.52 bits per heavy atom. The summed E-state index contributed by atoms with van der Waals surface area (Å²) in [5.74, 6) is 0.0688. The molecule has 3 aromatic rings. The van der Waals surface area contributed by atoms with Crippen LogP contribution in [-0.4, -0.2) is 42.0 Å². The second-order valence-corrected chi connectivity index (χ2v) is 8.68. The molecule has 1 heterocycles. The number of amides is 1. The van der Waals surface area contributed by atoms with Gasteiger partial charge in [0, 0.05) is 13.1 Å². The van der Waals surface area contributed by atoms with Crippen molar-refractivity contribution < 1.29 is 4.79 Å². The smallest absolute Gasteiger partial charge is 0.233 e. The average molecular weight is 430 g/mol. The van der Waals surface area contributed by atoms with Crippen molar-refractivity contribution in [2.24, 2.45) is 0 Å². The molecule has 0 spiro atoms. The Labute approximate surface area is 182 Å². The largest absolute Gasteiger partial charge is 0.302 e. The van der Waals surface area contributed by atoms with Crippen LogP contribution in [0.3, 0.4) is 0 Å². The van der Waals surface area contributed by atoms with Gasteiger partial charge >= 0.3 is 0 Å². The van der Waals surface area contributed by atoms with Crippen molar-refractivity contribution in [3.05, 3.63) is 58.1 Å². The minimum atomic E-state index is 0.0688. The Hall–Kier alpha value is -1.95. The maximum Gasteiger partial charge on any atom is 0.233 e. The first kappa shape index (κ1) is 21.8. The van der Waals surface area contributed by atoms with E-state index in [1.54, 1.807) is 0 Å². The fourth-order valence-corrected chi connectivity index (χ4v) is 4.74. The van der Waals surface area contributed by atoms with Crippen molar-refractivity contribution in [1.29, 1.82) is 0 Å². The van der Waals surface area contributed by atoms with Gasteiger partial charge in [0.2, 0.25) is 5.91 Å². The second-order valence-electron chi connectivity index (χ2n) is 7.26. The van der Waals surface area contributed by atoms with Crippen molar-refractivity contribution >= 4 is 44.2 Å². The van der Waals surface area contributed by atoms with Gasteiger partial charge in [-0.1, -0.05) is 66.6 Å². The molecule has 0 atom stereocenters. The fraction of sp³-hybridized carbons (Fsp3) is 0.391. The third-order valence-electron chi connectivity index (χ3n) is 5.26. The predicted molar refractivity (Wildman–Crippen MR) is 124 cm³/mol. The molecule has 0 unspecified atom stereocenters. The molecule has 154 valence electrons. The van der Waals surface area contributed by atoms with Gasteiger partial charge in [-0.2, -0.15) is 0 Å². The number of fused-ring (bicyclic) bond motifs is 1. The van der Waals surface area contributed by atoms with Gasteiger partial charge in [-0.3, -0.25) is 9.69 Å². The van der Waals surface area contributed by atoms with Crippen LogP contribution in [0.4, 0.5) is 5.13 Å². The lowest BCUT2D eigenvalue weighted by molar-refractivity contribution is -0.118. The summed E-state index contributed by atoms with van der Waals surface area (Å²) >= 11 is 7.85. The van der Waals surface area contributed by atoms with Gasteiger partial charge in [0.1, 0.15) is 5.52 Å². The molecule has 2 aromatic carbocycles. The number of anilines is 1. The Kier molecular flexibility index (Phi) is 7.28. The van der Waals surface area contributed by atoms with Gasteiger partial charge in [0.15, 0.2) is 5.13 Å². The Morgan fingerprint density at radius 1 is 1.10 bits per heavy atom. The van der Waals surface area contributed by atoms with Crippen LogP contribution >= 0.6 is 22.9 Å². The first-order chi connectivity index (χ1) is 13.9. The quantitative estimate of drug-likeness (QED) is 0.475. The van der Waals surface area contributed by atoms with Crippen LogP contribution < -0.4 is 4.90 Å². The third kappa shape index (κ3) is 5.16. The minimum Gasteiger partial charge on any atom is -0.302 e. The van der Waals surface area contributed by atoms with Crippen LogP contribution in [0.2, 0.25) is 5.02 Å². The zero-order valence-corrected chi connectivity index (χ0v) is 19.1. The van der Waals surface area contributed by atoms with Gasteiger partial charge in [0.05, 0.1) is 16.1 Å². The molecule has 0 aliphatic rings. The van der Waals surface area contributed by atoms with E-state index in [2.05, 4.69) is 50.8 Å². The molecular weight excluding hydrogens is 402 g/mol. The van der Waals surface area contributed by atoms with Gasteiger partial charge in [-0.05, 0) is 50.2 Å². The van der Waals surface area contributed by atoms with E-state index in [1.807, 2.05) is 23.1 Å². The van der Waals surface area contributed by atoms with Gasteiger partial charge < -0.3 is 4.90 Å². The SMILES string of the molecule is CCN(CC)CCN(C(=O)Cc1ccc(C)cc1C)c1nc2c(Cl)cccc2s1. The van der Waals surface area contributed by atoms with E-state index in [0.717, 1.165) is 46.1 Å². The van der Waals surface area contributed by atoms with E-state index in [0.29, 0.717) is 18.0 Å². The third-order valence-corrected chi connectivity index (χ3v) is 6.61. The number of thiazole rings is 1. The number of rotatable bonds is 8. The number of halogens is 1. The summed E-state index contributed by atoms with van der Waals surface area (Å²) < 4.78 is 1.000. The second kappa shape index (κ2) is 9.70. The van der Waals surface area contributed by atoms with Crippen LogP contribution in [0.5, 0.6) is 0 Å². The van der Waals surface area contributed by atoms with Crippen molar-refractivity contribution in [3.8, 4) is 0 Å². The summed E-state index contributed by atoms with van der Waals surface area (Å²) in [6, 6.07) is 12.0. The van der Waals surface area contributed by atoms with E-state index < -0.39 is 0 Å². The molecule has 4 nitrogen and oxygen atoms in total. The zero-order chi connectivity index (χ0) is 21.0. The molecular formula is C23H28ClN3OS. The highest BCUT2D eigenvalue weighted by Gasteiger charge is 2.22. The normalized spacial score (nSPS) is 11.4. The number of carbonyl (C=O) groups is 1. The van der Waals surface area contributed by atoms with E-state index in [1.165, 1.54) is 16.9 Å². The van der Waals surface area contributed by atoms with Crippen LogP contribution in [0.1, 0.15) is 30.5 Å². The highest BCUT2D eigenvalue weighted by atomic mass is 35.5. The van der Waals surface area contributed by atoms with Crippen molar-refractivity contribution in [2.75, 3.05) is 31.1 Å². The van der Waals surface area contributed by atoms with E-state index >= 15 is 0 Å². The summed E-state index contributed by atoms with van der Waals surface area (Å²) in [5.41, 5.74) is 4.18. The molecule has 0 N–H and O–H groups in total. The number of carbonyl (C=O) groups excluding carboxylic acids is 1. The fourth-order valence-electron chi connectivity index (χ4n) is 3.43. The highest BCUT2D eigenvalue weighted by molar-refractivity contribution is 7.22. The lowest BCUT2D eigenvalue weighted by Gasteiger charge is -2.25. The lowest BCUT2D eigenvalue weighted by atomic mass is 10.0. The predicted octanol–water partition coefficient (Wildman–Crippen LogP) is 5.48. The summed E-state index contributed by atoms with van der Waals surface area (Å²) in [5, 5.41) is 1.34. The number of hydrogen-bond donors (Lipinski definition) is 0. The summed E-state index contributed by atoms with van der Waals surface area (Å²) in [6.07, 6.45) is 0.369. The van der Waals surface area contributed by atoms with Gasteiger partial charge in [-0.25, -0.2) is 4.98 Å². The number of likely N-dealkylation sites (N-methyl/N-ethyl adjacent to an activating group) is 1. The maximum absolute atomic E-state index is 13.3. The molecule has 0 bridgehead atoms. The van der Waals surface area contributed by atoms with E-state index in [4.69, 9.17) is 16.6 Å². The van der Waals surface area contributed by atoms with Crippen LogP contribution in [0.25, 0.3) is 10.2 Å². The van der Waals surface area contributed by atoms with Crippen molar-refractivity contribution in [1.82, 2.24) is 9.88 Å². The summed E-state index contributed by atoms with van der Waals surface area (Å²) in [4.78, 5) is 22.2. The number of hydrogen-bond acceptors (Lipinski definition) is 4. The monoisotopic (exact) mass is 429 g/mol. The molecule has 0 aliphatic heterocycles. The molecule has 0 saturated carbocycles. The molecule has 29 heavy (non-hydrogen) atoms. The summed E-state index contributed by atoms with van der Waals surface area (Å²) in [7, 11) is 0. The van der Waals surface area contributed by atoms with E-state index in [-0.39, 0.29) is 5.91 Å². The molecule has 0 radical (unpaired) electrons. The number of benzene rings is 2. The van der Waals surface area contributed by atoms with Crippen molar-refractivity contribution in [2.45, 2.75) is 34.1 Å². The van der Waals surface area contributed by atoms with E-state index in [9.17, 15) is 4.79 Å². The topological polar surface area (TPSA) is 36.4 Å². The zero-order valence-electron chi connectivity index (χ0n) is 17.5. The molecule has 0 aliphatic carbocycles. The van der Waals surface area contributed by atoms with Gasteiger partial charge in [-0.15, -0.1) is 0 Å². The van der Waals surface area contributed by atoms with Crippen LogP contribution in [-0.2, 0) is 11.2 Å². The summed E-state index contributed by atoms with van der Waals surface area (Å²) in [6.45, 7) is 11.8. The Morgan fingerprint density at radius 2 is 1.86 bits per heavy atom. The van der Waals surface area contributed by atoms with Gasteiger partial charge in [0.25, 0.3) is 0 Å². The molecule has 1 amide bonds. The standard InChI is InChI=1S/C23H28ClN3OS/c1-5-26(6-2)12-13-27(21(28)15-18-11-10-16(3)14-17(18)4)23-25-22-19(24)8-7-9-20(22)29-23/h7-11,14H,5-6,12-13,15H2,1-4H3. The maximum atomic E-state index is 13.3. The number of para-hydroxylation sites is 1. The molecule has 0 fully saturated rings. The average Bonchev–Trinajstić information content (AvgIpc) is 3.12. The lowest BCUT2D eigenvalue weighted by Crippen LogP contribution is -2.39. The molecule has 0 saturated heterocycles. The first-order valence-corrected chi connectivity index (χ1v) is 11.3. The Balaban J connectivity index is 1.90. The molecule has 6 heteroatoms. The first-order valence-electron chi connectivity index (χ1n) is 10.1. The molecule has 1 aromatic heterocycles. The Bertz CT molecular complexity index is 997.